The van der Waals surface area contributed by atoms with Gasteiger partial charge in [-0.1, -0.05) is 29.3 Å². The number of nitrogens with zero attached hydrogens (tertiary/aromatic N) is 2. The van der Waals surface area contributed by atoms with Crippen LogP contribution in [0.15, 0.2) is 34.8 Å². The van der Waals surface area contributed by atoms with Gasteiger partial charge in [0.1, 0.15) is 5.15 Å². The molecule has 2 nitrogen and oxygen atoms in total. The third-order valence-electron chi connectivity index (χ3n) is 3.37. The van der Waals surface area contributed by atoms with Crippen molar-refractivity contribution < 1.29 is 0 Å². The average molecular weight is 382 g/mol. The molecule has 0 aliphatic heterocycles. The maximum Gasteiger partial charge on any atom is 0.161 e. The first-order valence-corrected chi connectivity index (χ1v) is 7.91. The fourth-order valence-electron chi connectivity index (χ4n) is 2.20. The molecule has 0 aliphatic carbocycles. The minimum absolute atomic E-state index is 0.443. The average Bonchev–Trinajstić information content (AvgIpc) is 2.45. The minimum atomic E-state index is 0.443. The van der Waals surface area contributed by atoms with Gasteiger partial charge in [0.25, 0.3) is 0 Å². The van der Waals surface area contributed by atoms with E-state index in [9.17, 15) is 0 Å². The molecule has 21 heavy (non-hydrogen) atoms. The molecule has 0 atom stereocenters. The predicted octanol–water partition coefficient (Wildman–Crippen LogP) is 5.98. The Morgan fingerprint density at radius 1 is 0.952 bits per heavy atom. The van der Waals surface area contributed by atoms with E-state index in [1.807, 2.05) is 44.2 Å². The molecule has 1 aromatic heterocycles. The molecule has 0 N–H and O–H groups in total. The van der Waals surface area contributed by atoms with E-state index in [-0.39, 0.29) is 0 Å². The van der Waals surface area contributed by atoms with Gasteiger partial charge in [-0.3, -0.25) is 0 Å². The zero-order valence-corrected chi connectivity index (χ0v) is 14.5. The summed E-state index contributed by atoms with van der Waals surface area (Å²) < 4.78 is 0.895. The zero-order valence-electron chi connectivity index (χ0n) is 11.4. The molecule has 3 rings (SSSR count). The molecule has 0 saturated carbocycles. The van der Waals surface area contributed by atoms with Crippen molar-refractivity contribution in [2.24, 2.45) is 0 Å². The lowest BCUT2D eigenvalue weighted by molar-refractivity contribution is 1.21. The number of benzene rings is 2. The molecular weight excluding hydrogens is 371 g/mol. The summed E-state index contributed by atoms with van der Waals surface area (Å²) >= 11 is 15.9. The van der Waals surface area contributed by atoms with E-state index in [1.165, 1.54) is 0 Å². The first kappa shape index (κ1) is 14.8. The van der Waals surface area contributed by atoms with E-state index in [2.05, 4.69) is 25.9 Å². The third kappa shape index (κ3) is 2.66. The van der Waals surface area contributed by atoms with Crippen LogP contribution in [0, 0.1) is 13.8 Å². The smallest absolute Gasteiger partial charge is 0.161 e. The van der Waals surface area contributed by atoms with Gasteiger partial charge < -0.3 is 0 Å². The topological polar surface area (TPSA) is 25.8 Å². The number of aryl methyl sites for hydroxylation is 2. The summed E-state index contributed by atoms with van der Waals surface area (Å²) in [7, 11) is 0. The standard InChI is InChI=1S/C16H11BrCl2N2/c1-8-3-5-11(17)13-14(8)20-16(21-15(13)19)10-4-6-12(18)9(2)7-10/h3-7H,1-2H3. The summed E-state index contributed by atoms with van der Waals surface area (Å²) in [6.07, 6.45) is 0. The van der Waals surface area contributed by atoms with Crippen molar-refractivity contribution in [1.82, 2.24) is 9.97 Å². The Labute approximate surface area is 141 Å². The molecule has 0 spiro atoms. The Hall–Kier alpha value is -1.16. The highest BCUT2D eigenvalue weighted by Gasteiger charge is 2.13. The zero-order chi connectivity index (χ0) is 15.1. The molecule has 5 heteroatoms. The van der Waals surface area contributed by atoms with Gasteiger partial charge in [0.2, 0.25) is 0 Å². The van der Waals surface area contributed by atoms with Gasteiger partial charge >= 0.3 is 0 Å². The van der Waals surface area contributed by atoms with Crippen molar-refractivity contribution in [3.05, 3.63) is 56.1 Å². The summed E-state index contributed by atoms with van der Waals surface area (Å²) in [6, 6.07) is 9.68. The van der Waals surface area contributed by atoms with Crippen molar-refractivity contribution in [2.45, 2.75) is 13.8 Å². The number of rotatable bonds is 1. The Kier molecular flexibility index (Phi) is 3.91. The van der Waals surface area contributed by atoms with Crippen molar-refractivity contribution in [3.8, 4) is 11.4 Å². The summed E-state index contributed by atoms with van der Waals surface area (Å²) in [5.74, 6) is 0.605. The van der Waals surface area contributed by atoms with Gasteiger partial charge in [-0.25, -0.2) is 9.97 Å². The molecule has 0 saturated heterocycles. The van der Waals surface area contributed by atoms with Crippen molar-refractivity contribution >= 4 is 50.0 Å². The van der Waals surface area contributed by atoms with E-state index in [4.69, 9.17) is 23.2 Å². The second-order valence-electron chi connectivity index (χ2n) is 4.89. The molecule has 2 aromatic carbocycles. The summed E-state index contributed by atoms with van der Waals surface area (Å²) in [4.78, 5) is 9.09. The van der Waals surface area contributed by atoms with Gasteiger partial charge in [-0.15, -0.1) is 0 Å². The van der Waals surface area contributed by atoms with E-state index >= 15 is 0 Å². The third-order valence-corrected chi connectivity index (χ3v) is 4.73. The first-order valence-electron chi connectivity index (χ1n) is 6.36. The van der Waals surface area contributed by atoms with Gasteiger partial charge in [0.05, 0.1) is 10.9 Å². The highest BCUT2D eigenvalue weighted by atomic mass is 79.9. The van der Waals surface area contributed by atoms with Crippen LogP contribution < -0.4 is 0 Å². The molecule has 0 fully saturated rings. The largest absolute Gasteiger partial charge is 0.228 e. The van der Waals surface area contributed by atoms with Crippen molar-refractivity contribution in [2.75, 3.05) is 0 Å². The molecule has 0 amide bonds. The SMILES string of the molecule is Cc1cc(-c2nc(Cl)c3c(Br)ccc(C)c3n2)ccc1Cl. The van der Waals surface area contributed by atoms with Crippen LogP contribution in [0.4, 0.5) is 0 Å². The summed E-state index contributed by atoms with van der Waals surface area (Å²) in [6.45, 7) is 3.96. The molecular formula is C16H11BrCl2N2. The van der Waals surface area contributed by atoms with Crippen LogP contribution in [0.2, 0.25) is 10.2 Å². The molecule has 0 radical (unpaired) electrons. The monoisotopic (exact) mass is 380 g/mol. The second kappa shape index (κ2) is 5.56. The molecule has 3 aromatic rings. The lowest BCUT2D eigenvalue weighted by Crippen LogP contribution is -1.95. The molecule has 0 unspecified atom stereocenters. The van der Waals surface area contributed by atoms with Crippen LogP contribution in [0.5, 0.6) is 0 Å². The van der Waals surface area contributed by atoms with Crippen LogP contribution in [-0.2, 0) is 0 Å². The Morgan fingerprint density at radius 2 is 1.71 bits per heavy atom. The second-order valence-corrected chi connectivity index (χ2v) is 6.51. The van der Waals surface area contributed by atoms with Gasteiger partial charge in [0.15, 0.2) is 5.82 Å². The molecule has 106 valence electrons. The lowest BCUT2D eigenvalue weighted by atomic mass is 10.1. The fourth-order valence-corrected chi connectivity index (χ4v) is 3.21. The van der Waals surface area contributed by atoms with Gasteiger partial charge in [-0.2, -0.15) is 0 Å². The number of aromatic nitrogens is 2. The highest BCUT2D eigenvalue weighted by Crippen LogP contribution is 2.33. The maximum absolute atomic E-state index is 6.35. The van der Waals surface area contributed by atoms with Gasteiger partial charge in [0, 0.05) is 15.1 Å². The van der Waals surface area contributed by atoms with E-state index in [1.54, 1.807) is 0 Å². The fraction of sp³-hybridized carbons (Fsp3) is 0.125. The van der Waals surface area contributed by atoms with Crippen molar-refractivity contribution in [1.29, 1.82) is 0 Å². The normalized spacial score (nSPS) is 11.1. The quantitative estimate of drug-likeness (QED) is 0.484. The lowest BCUT2D eigenvalue weighted by Gasteiger charge is -2.09. The number of fused-ring (bicyclic) bond motifs is 1. The van der Waals surface area contributed by atoms with Crippen LogP contribution in [0.25, 0.3) is 22.3 Å². The van der Waals surface area contributed by atoms with Crippen molar-refractivity contribution in [3.63, 3.8) is 0 Å². The number of halogens is 3. The highest BCUT2D eigenvalue weighted by molar-refractivity contribution is 9.10. The Morgan fingerprint density at radius 3 is 2.43 bits per heavy atom. The van der Waals surface area contributed by atoms with E-state index < -0.39 is 0 Å². The number of hydrogen-bond acceptors (Lipinski definition) is 2. The van der Waals surface area contributed by atoms with Crippen LogP contribution in [0.1, 0.15) is 11.1 Å². The van der Waals surface area contributed by atoms with E-state index in [0.29, 0.717) is 11.0 Å². The predicted molar refractivity (Wildman–Crippen MR) is 92.2 cm³/mol. The Balaban J connectivity index is 2.30. The molecule has 0 aliphatic rings. The van der Waals surface area contributed by atoms with Crippen LogP contribution in [0.3, 0.4) is 0 Å². The molecule has 0 bridgehead atoms. The maximum atomic E-state index is 6.35. The van der Waals surface area contributed by atoms with E-state index in [0.717, 1.165) is 37.1 Å². The van der Waals surface area contributed by atoms with Crippen LogP contribution in [-0.4, -0.2) is 9.97 Å². The molecule has 1 heterocycles. The van der Waals surface area contributed by atoms with Gasteiger partial charge in [-0.05, 0) is 65.2 Å². The van der Waals surface area contributed by atoms with Crippen LogP contribution >= 0.6 is 39.1 Å². The first-order chi connectivity index (χ1) is 9.97. The minimum Gasteiger partial charge on any atom is -0.228 e. The number of hydrogen-bond donors (Lipinski definition) is 0. The summed E-state index contributed by atoms with van der Waals surface area (Å²) in [5.41, 5.74) is 3.80. The summed E-state index contributed by atoms with van der Waals surface area (Å²) in [5, 5.41) is 2.01. The Bertz CT molecular complexity index is 863.